The van der Waals surface area contributed by atoms with E-state index < -0.39 is 0 Å². The zero-order valence-corrected chi connectivity index (χ0v) is 18.7. The smallest absolute Gasteiger partial charge is 0.255 e. The van der Waals surface area contributed by atoms with Gasteiger partial charge in [0.05, 0.1) is 18.2 Å². The van der Waals surface area contributed by atoms with Crippen molar-refractivity contribution < 1.29 is 9.47 Å². The van der Waals surface area contributed by atoms with Crippen LogP contribution >= 0.6 is 11.6 Å². The van der Waals surface area contributed by atoms with E-state index in [4.69, 9.17) is 26.8 Å². The van der Waals surface area contributed by atoms with Gasteiger partial charge in [0.1, 0.15) is 11.5 Å². The molecule has 4 rings (SSSR count). The van der Waals surface area contributed by atoms with Crippen LogP contribution in [-0.2, 0) is 5.41 Å². The Kier molecular flexibility index (Phi) is 6.26. The van der Waals surface area contributed by atoms with Gasteiger partial charge in [0.25, 0.3) is 5.56 Å². The van der Waals surface area contributed by atoms with E-state index in [0.717, 1.165) is 43.2 Å². The zero-order valence-electron chi connectivity index (χ0n) is 18.0. The lowest BCUT2D eigenvalue weighted by Gasteiger charge is -2.44. The van der Waals surface area contributed by atoms with Crippen molar-refractivity contribution in [1.29, 1.82) is 0 Å². The number of hydrogen-bond donors (Lipinski definition) is 2. The molecule has 6 heteroatoms. The number of halogens is 1. The number of pyridine rings is 1. The first-order chi connectivity index (χ1) is 15.0. The molecule has 0 saturated heterocycles. The highest BCUT2D eigenvalue weighted by molar-refractivity contribution is 6.32. The van der Waals surface area contributed by atoms with Gasteiger partial charge in [0.15, 0.2) is 0 Å². The largest absolute Gasteiger partial charge is 0.497 e. The van der Waals surface area contributed by atoms with Gasteiger partial charge < -0.3 is 20.2 Å². The van der Waals surface area contributed by atoms with E-state index >= 15 is 0 Å². The fraction of sp³-hybridized carbons (Fsp3) is 0.400. The molecule has 3 aromatic rings. The molecule has 1 unspecified atom stereocenters. The molecule has 5 nitrogen and oxygen atoms in total. The molecule has 0 bridgehead atoms. The molecule has 164 valence electrons. The van der Waals surface area contributed by atoms with E-state index in [0.29, 0.717) is 16.2 Å². The number of hydrogen-bond acceptors (Lipinski definition) is 4. The van der Waals surface area contributed by atoms with Crippen LogP contribution < -0.4 is 20.8 Å². The summed E-state index contributed by atoms with van der Waals surface area (Å²) in [6.45, 7) is 2.14. The van der Waals surface area contributed by atoms with Crippen molar-refractivity contribution in [2.24, 2.45) is 5.73 Å². The molecule has 1 aliphatic rings. The fourth-order valence-electron chi connectivity index (χ4n) is 4.88. The summed E-state index contributed by atoms with van der Waals surface area (Å²) in [6, 6.07) is 13.8. The summed E-state index contributed by atoms with van der Waals surface area (Å²) in [5.74, 6) is 1.48. The first-order valence-electron chi connectivity index (χ1n) is 10.8. The van der Waals surface area contributed by atoms with E-state index in [1.54, 1.807) is 19.4 Å². The maximum absolute atomic E-state index is 12.0. The standard InChI is InChI=1S/C25H29ClN2O3/c1-3-23(27)25(17-5-4-6-19(14-17)30-2)10-7-18(8-11-25)31-22-13-16-9-12-28-24(29)20(16)15-21(22)26/h4-6,9,12-15,18,23H,3,7-8,10-11,27H2,1-2H3,(H,28,29)/t18-,23?,25+. The van der Waals surface area contributed by atoms with Crippen molar-refractivity contribution in [1.82, 2.24) is 4.98 Å². The summed E-state index contributed by atoms with van der Waals surface area (Å²) in [6.07, 6.45) is 6.24. The Morgan fingerprint density at radius 3 is 2.71 bits per heavy atom. The van der Waals surface area contributed by atoms with Crippen LogP contribution in [0.5, 0.6) is 11.5 Å². The Morgan fingerprint density at radius 2 is 2.00 bits per heavy atom. The molecule has 0 aliphatic heterocycles. The fourth-order valence-corrected chi connectivity index (χ4v) is 5.09. The summed E-state index contributed by atoms with van der Waals surface area (Å²) in [7, 11) is 1.69. The van der Waals surface area contributed by atoms with Crippen molar-refractivity contribution in [3.8, 4) is 11.5 Å². The molecule has 1 aromatic heterocycles. The second-order valence-electron chi connectivity index (χ2n) is 8.40. The summed E-state index contributed by atoms with van der Waals surface area (Å²) in [5.41, 5.74) is 7.66. The van der Waals surface area contributed by atoms with Gasteiger partial charge in [-0.15, -0.1) is 0 Å². The average molecular weight is 441 g/mol. The van der Waals surface area contributed by atoms with Crippen LogP contribution in [0, 0.1) is 0 Å². The topological polar surface area (TPSA) is 77.3 Å². The number of nitrogens with two attached hydrogens (primary N) is 1. The maximum atomic E-state index is 12.0. The second-order valence-corrected chi connectivity index (χ2v) is 8.80. The van der Waals surface area contributed by atoms with Gasteiger partial charge in [-0.1, -0.05) is 30.7 Å². The highest BCUT2D eigenvalue weighted by Crippen LogP contribution is 2.44. The number of aromatic nitrogens is 1. The molecule has 3 N–H and O–H groups in total. The maximum Gasteiger partial charge on any atom is 0.255 e. The molecular formula is C25H29ClN2O3. The first-order valence-corrected chi connectivity index (χ1v) is 11.2. The average Bonchev–Trinajstić information content (AvgIpc) is 2.80. The van der Waals surface area contributed by atoms with Gasteiger partial charge in [0.2, 0.25) is 0 Å². The number of aromatic amines is 1. The molecule has 31 heavy (non-hydrogen) atoms. The number of benzene rings is 2. The van der Waals surface area contributed by atoms with Crippen LogP contribution in [0.1, 0.15) is 44.6 Å². The minimum absolute atomic E-state index is 0.0553. The van der Waals surface area contributed by atoms with Gasteiger partial charge in [-0.05, 0) is 73.4 Å². The van der Waals surface area contributed by atoms with Gasteiger partial charge in [-0.3, -0.25) is 4.79 Å². The Hall–Kier alpha value is -2.50. The molecule has 2 aromatic carbocycles. The molecule has 1 fully saturated rings. The third-order valence-electron chi connectivity index (χ3n) is 6.74. The SMILES string of the molecule is CCC(N)[C@]1(c2cccc(OC)c2)CC[C@H](Oc2cc3cc[nH]c(=O)c3cc2Cl)CC1. The van der Waals surface area contributed by atoms with Crippen LogP contribution in [0.2, 0.25) is 5.02 Å². The van der Waals surface area contributed by atoms with E-state index in [9.17, 15) is 4.79 Å². The molecule has 0 spiro atoms. The van der Waals surface area contributed by atoms with Crippen molar-refractivity contribution >= 4 is 22.4 Å². The lowest BCUT2D eigenvalue weighted by Crippen LogP contribution is -2.48. The monoisotopic (exact) mass is 440 g/mol. The summed E-state index contributed by atoms with van der Waals surface area (Å²) >= 11 is 6.44. The molecule has 0 amide bonds. The number of nitrogens with one attached hydrogen (secondary N) is 1. The normalized spacial score (nSPS) is 22.3. The van der Waals surface area contributed by atoms with Crippen molar-refractivity contribution in [2.75, 3.05) is 7.11 Å². The lowest BCUT2D eigenvalue weighted by molar-refractivity contribution is 0.104. The zero-order chi connectivity index (χ0) is 22.0. The molecule has 1 heterocycles. The minimum Gasteiger partial charge on any atom is -0.497 e. The van der Waals surface area contributed by atoms with Crippen LogP contribution in [0.4, 0.5) is 0 Å². The molecular weight excluding hydrogens is 412 g/mol. The van der Waals surface area contributed by atoms with Gasteiger partial charge in [0, 0.05) is 23.0 Å². The summed E-state index contributed by atoms with van der Waals surface area (Å²) in [5, 5.41) is 1.84. The number of methoxy groups -OCH3 is 1. The first kappa shape index (κ1) is 21.7. The van der Waals surface area contributed by atoms with Crippen molar-refractivity contribution in [3.05, 3.63) is 69.6 Å². The van der Waals surface area contributed by atoms with Crippen LogP contribution in [0.3, 0.4) is 0 Å². The number of H-pyrrole nitrogens is 1. The highest BCUT2D eigenvalue weighted by Gasteiger charge is 2.41. The third-order valence-corrected chi connectivity index (χ3v) is 7.03. The highest BCUT2D eigenvalue weighted by atomic mass is 35.5. The van der Waals surface area contributed by atoms with E-state index in [1.165, 1.54) is 5.56 Å². The lowest BCUT2D eigenvalue weighted by atomic mass is 9.64. The molecule has 0 radical (unpaired) electrons. The van der Waals surface area contributed by atoms with Crippen molar-refractivity contribution in [2.45, 2.75) is 56.6 Å². The predicted octanol–water partition coefficient (Wildman–Crippen LogP) is 5.19. The Bertz CT molecular complexity index is 1120. The number of ether oxygens (including phenoxy) is 2. The Balaban J connectivity index is 1.56. The van der Waals surface area contributed by atoms with E-state index in [1.807, 2.05) is 24.3 Å². The van der Waals surface area contributed by atoms with E-state index in [2.05, 4.69) is 24.0 Å². The third kappa shape index (κ3) is 4.17. The van der Waals surface area contributed by atoms with Gasteiger partial charge in [-0.25, -0.2) is 0 Å². The van der Waals surface area contributed by atoms with Gasteiger partial charge in [-0.2, -0.15) is 0 Å². The van der Waals surface area contributed by atoms with Crippen LogP contribution in [0.25, 0.3) is 10.8 Å². The molecule has 1 atom stereocenters. The van der Waals surface area contributed by atoms with Crippen molar-refractivity contribution in [3.63, 3.8) is 0 Å². The summed E-state index contributed by atoms with van der Waals surface area (Å²) in [4.78, 5) is 14.7. The Morgan fingerprint density at radius 1 is 1.23 bits per heavy atom. The summed E-state index contributed by atoms with van der Waals surface area (Å²) < 4.78 is 11.8. The van der Waals surface area contributed by atoms with Gasteiger partial charge >= 0.3 is 0 Å². The minimum atomic E-state index is -0.153. The quantitative estimate of drug-likeness (QED) is 0.553. The Labute approximate surface area is 187 Å². The molecule has 1 saturated carbocycles. The van der Waals surface area contributed by atoms with E-state index in [-0.39, 0.29) is 23.1 Å². The number of rotatable bonds is 6. The van der Waals surface area contributed by atoms with Crippen LogP contribution in [-0.4, -0.2) is 24.2 Å². The predicted molar refractivity (Wildman–Crippen MR) is 125 cm³/mol. The van der Waals surface area contributed by atoms with Crippen LogP contribution in [0.15, 0.2) is 53.5 Å². The second kappa shape index (κ2) is 8.93. The molecule has 1 aliphatic carbocycles. The number of fused-ring (bicyclic) bond motifs is 1.